The molecule has 1 fully saturated rings. The molecule has 8 heteroatoms. The Kier molecular flexibility index (Phi) is 23.7. The lowest BCUT2D eigenvalue weighted by molar-refractivity contribution is -0.0396. The highest BCUT2D eigenvalue weighted by Gasteiger charge is 2.46. The Morgan fingerprint density at radius 3 is 1.38 bits per heavy atom. The van der Waals surface area contributed by atoms with Gasteiger partial charge >= 0.3 is 5.69 Å². The molecule has 278 valence electrons. The van der Waals surface area contributed by atoms with Crippen molar-refractivity contribution in [3.05, 3.63) is 44.4 Å². The smallest absolute Gasteiger partial charge is 0.330 e. The van der Waals surface area contributed by atoms with Crippen molar-refractivity contribution >= 4 is 0 Å². The summed E-state index contributed by atoms with van der Waals surface area (Å²) in [7, 11) is 0. The number of nitrogens with zero attached hydrogens (tertiary/aromatic N) is 1. The van der Waals surface area contributed by atoms with Crippen molar-refractivity contribution in [3.8, 4) is 0 Å². The molecule has 1 aliphatic heterocycles. The number of ether oxygens (including phenoxy) is 1. The first-order valence-electron chi connectivity index (χ1n) is 20.1. The molecule has 1 aromatic rings. The molecule has 0 aliphatic carbocycles. The second-order valence-electron chi connectivity index (χ2n) is 14.4. The average molecular weight is 677 g/mol. The summed E-state index contributed by atoms with van der Waals surface area (Å²) < 4.78 is 6.96. The minimum Gasteiger partial charge on any atom is -0.509 e. The third kappa shape index (κ3) is 17.2. The number of aromatic amines is 1. The molecule has 4 N–H and O–H groups in total. The van der Waals surface area contributed by atoms with Gasteiger partial charge < -0.3 is 20.1 Å². The first kappa shape index (κ1) is 42.3. The van der Waals surface area contributed by atoms with E-state index in [1.807, 2.05) is 0 Å². The zero-order valence-electron chi connectivity index (χ0n) is 30.8. The van der Waals surface area contributed by atoms with Gasteiger partial charge in [-0.3, -0.25) is 14.3 Å². The number of hydrogen-bond donors (Lipinski definition) is 4. The quantitative estimate of drug-likeness (QED) is 0.0475. The summed E-state index contributed by atoms with van der Waals surface area (Å²) in [5, 5.41) is 33.0. The summed E-state index contributed by atoms with van der Waals surface area (Å²) in [6, 6.07) is 1.17. The van der Waals surface area contributed by atoms with Crippen LogP contribution in [0.4, 0.5) is 0 Å². The molecule has 8 nitrogen and oxygen atoms in total. The number of nitrogens with one attached hydrogen (secondary N) is 1. The van der Waals surface area contributed by atoms with Crippen molar-refractivity contribution in [1.29, 1.82) is 0 Å². The van der Waals surface area contributed by atoms with Crippen LogP contribution in [0.15, 0.2) is 33.2 Å². The molecular formula is C40H72N2O6. The monoisotopic (exact) mass is 677 g/mol. The van der Waals surface area contributed by atoms with Gasteiger partial charge in [0, 0.05) is 12.3 Å². The molecule has 2 heterocycles. The van der Waals surface area contributed by atoms with Gasteiger partial charge in [-0.2, -0.15) is 0 Å². The van der Waals surface area contributed by atoms with E-state index in [2.05, 4.69) is 18.8 Å². The summed E-state index contributed by atoms with van der Waals surface area (Å²) in [6.07, 6.45) is 30.7. The normalized spacial score (nSPS) is 19.2. The van der Waals surface area contributed by atoms with Gasteiger partial charge in [-0.05, 0) is 31.3 Å². The maximum atomic E-state index is 12.3. The lowest BCUT2D eigenvalue weighted by Crippen LogP contribution is -2.37. The van der Waals surface area contributed by atoms with Gasteiger partial charge in [0.1, 0.15) is 24.1 Å². The SMILES string of the molecule is CCCCCCCCCCCCCCCC(CCCCCCCCCCCCCCC)=C(O)[C@H]1O[C@@H](n2ccc(=O)[nH]c2=O)[C@H](O)[C@@H]1O. The Morgan fingerprint density at radius 2 is 1.00 bits per heavy atom. The molecular weight excluding hydrogens is 604 g/mol. The molecule has 0 radical (unpaired) electrons. The molecule has 0 spiro atoms. The van der Waals surface area contributed by atoms with Crippen LogP contribution in [0.3, 0.4) is 0 Å². The molecule has 0 bridgehead atoms. The van der Waals surface area contributed by atoms with Crippen LogP contribution in [-0.4, -0.2) is 43.2 Å². The highest BCUT2D eigenvalue weighted by atomic mass is 16.6. The van der Waals surface area contributed by atoms with Gasteiger partial charge in [-0.1, -0.05) is 168 Å². The van der Waals surface area contributed by atoms with Crippen LogP contribution in [0.2, 0.25) is 0 Å². The van der Waals surface area contributed by atoms with Crippen LogP contribution in [0.1, 0.15) is 200 Å². The van der Waals surface area contributed by atoms with Crippen LogP contribution in [0.25, 0.3) is 0 Å². The number of aromatic nitrogens is 2. The van der Waals surface area contributed by atoms with Crippen LogP contribution in [0.5, 0.6) is 0 Å². The number of aliphatic hydroxyl groups is 3. The molecule has 0 aromatic carbocycles. The highest BCUT2D eigenvalue weighted by Crippen LogP contribution is 2.34. The standard InChI is InChI=1S/C40H72N2O6/c1-3-5-7-9-11-13-15-17-19-21-23-25-27-29-33(30-28-26-24-22-20-18-16-14-12-10-8-6-4-2)35(44)38-36(45)37(46)39(48-38)42-32-31-34(43)41-40(42)47/h31-32,36-39,44-46H,3-30H2,1-2H3,(H,41,43,47)/t36-,37+,38+,39+/m0/s1. The minimum atomic E-state index is -1.42. The predicted octanol–water partition coefficient (Wildman–Crippen LogP) is 9.93. The predicted molar refractivity (Wildman–Crippen MR) is 198 cm³/mol. The van der Waals surface area contributed by atoms with Crippen molar-refractivity contribution in [2.45, 2.75) is 218 Å². The molecule has 0 saturated carbocycles. The third-order valence-electron chi connectivity index (χ3n) is 10.2. The number of allylic oxidation sites excluding steroid dienone is 1. The van der Waals surface area contributed by atoms with Gasteiger partial charge in [0.15, 0.2) is 6.23 Å². The molecule has 2 rings (SSSR count). The van der Waals surface area contributed by atoms with Crippen molar-refractivity contribution in [1.82, 2.24) is 9.55 Å². The number of H-pyrrole nitrogens is 1. The van der Waals surface area contributed by atoms with Crippen LogP contribution in [-0.2, 0) is 4.74 Å². The Balaban J connectivity index is 1.81. The minimum absolute atomic E-state index is 0.0144. The zero-order chi connectivity index (χ0) is 34.8. The maximum Gasteiger partial charge on any atom is 0.330 e. The van der Waals surface area contributed by atoms with E-state index in [0.717, 1.165) is 48.7 Å². The van der Waals surface area contributed by atoms with Crippen molar-refractivity contribution < 1.29 is 20.1 Å². The van der Waals surface area contributed by atoms with Crippen LogP contribution < -0.4 is 11.2 Å². The molecule has 1 saturated heterocycles. The highest BCUT2D eigenvalue weighted by molar-refractivity contribution is 5.16. The lowest BCUT2D eigenvalue weighted by atomic mass is 9.95. The summed E-state index contributed by atoms with van der Waals surface area (Å²) in [5.41, 5.74) is -0.407. The molecule has 1 aromatic heterocycles. The molecule has 0 amide bonds. The largest absolute Gasteiger partial charge is 0.509 e. The zero-order valence-corrected chi connectivity index (χ0v) is 30.8. The summed E-state index contributed by atoms with van der Waals surface area (Å²) in [5.74, 6) is -0.0144. The van der Waals surface area contributed by atoms with Crippen molar-refractivity contribution in [2.24, 2.45) is 0 Å². The van der Waals surface area contributed by atoms with E-state index >= 15 is 0 Å². The van der Waals surface area contributed by atoms with Gasteiger partial charge in [-0.25, -0.2) is 4.79 Å². The van der Waals surface area contributed by atoms with Crippen molar-refractivity contribution in [3.63, 3.8) is 0 Å². The van der Waals surface area contributed by atoms with Gasteiger partial charge in [0.25, 0.3) is 5.56 Å². The topological polar surface area (TPSA) is 125 Å². The molecule has 48 heavy (non-hydrogen) atoms. The van der Waals surface area contributed by atoms with Crippen molar-refractivity contribution in [2.75, 3.05) is 0 Å². The second kappa shape index (κ2) is 26.9. The van der Waals surface area contributed by atoms with Crippen LogP contribution >= 0.6 is 0 Å². The summed E-state index contributed by atoms with van der Waals surface area (Å²) in [4.78, 5) is 26.0. The van der Waals surface area contributed by atoms with E-state index in [1.54, 1.807) is 0 Å². The van der Waals surface area contributed by atoms with Gasteiger partial charge in [0.2, 0.25) is 0 Å². The fourth-order valence-corrected chi connectivity index (χ4v) is 7.04. The van der Waals surface area contributed by atoms with E-state index in [1.165, 1.54) is 154 Å². The van der Waals surface area contributed by atoms with E-state index in [0.29, 0.717) is 0 Å². The number of aliphatic hydroxyl groups excluding tert-OH is 3. The second-order valence-corrected chi connectivity index (χ2v) is 14.4. The molecule has 1 aliphatic rings. The maximum absolute atomic E-state index is 12.3. The Bertz CT molecular complexity index is 1050. The fraction of sp³-hybridized carbons (Fsp3) is 0.850. The number of hydrogen-bond acceptors (Lipinski definition) is 6. The fourth-order valence-electron chi connectivity index (χ4n) is 7.04. The van der Waals surface area contributed by atoms with Gasteiger partial charge in [0.05, 0.1) is 0 Å². The molecule has 4 atom stereocenters. The third-order valence-corrected chi connectivity index (χ3v) is 10.2. The Morgan fingerprint density at radius 1 is 0.625 bits per heavy atom. The number of rotatable bonds is 30. The molecule has 0 unspecified atom stereocenters. The van der Waals surface area contributed by atoms with Crippen LogP contribution in [0, 0.1) is 0 Å². The first-order valence-corrected chi connectivity index (χ1v) is 20.1. The first-order chi connectivity index (χ1) is 23.4. The Labute approximate surface area is 291 Å². The van der Waals surface area contributed by atoms with E-state index in [4.69, 9.17) is 4.74 Å². The van der Waals surface area contributed by atoms with E-state index in [-0.39, 0.29) is 5.76 Å². The number of unbranched alkanes of at least 4 members (excludes halogenated alkanes) is 24. The summed E-state index contributed by atoms with van der Waals surface area (Å²) >= 11 is 0. The van der Waals surface area contributed by atoms with E-state index in [9.17, 15) is 24.9 Å². The lowest BCUT2D eigenvalue weighted by Gasteiger charge is -2.19. The van der Waals surface area contributed by atoms with E-state index < -0.39 is 35.8 Å². The average Bonchev–Trinajstić information content (AvgIpc) is 3.37. The van der Waals surface area contributed by atoms with Gasteiger partial charge in [-0.15, -0.1) is 0 Å². The summed E-state index contributed by atoms with van der Waals surface area (Å²) in [6.45, 7) is 4.52. The Hall–Kier alpha value is -1.90.